The number of carbonyl (C=O) groups is 5. The van der Waals surface area contributed by atoms with Crippen LogP contribution in [0.25, 0.3) is 0 Å². The number of nitrogens with one attached hydrogen (secondary N) is 3. The summed E-state index contributed by atoms with van der Waals surface area (Å²) in [6.45, 7) is 6.07. The summed E-state index contributed by atoms with van der Waals surface area (Å²) in [5, 5.41) is 8.67. The molecular formula is C39H58N8O5. The largest absolute Gasteiger partial charge is 0.368 e. The molecule has 284 valence electrons. The molecule has 2 saturated heterocycles. The number of likely N-dealkylation sites (tertiary alicyclic amines) is 2. The maximum atomic E-state index is 13.9. The molecule has 0 aromatic heterocycles. The van der Waals surface area contributed by atoms with E-state index in [-0.39, 0.29) is 36.2 Å². The minimum atomic E-state index is -1.00. The van der Waals surface area contributed by atoms with Gasteiger partial charge in [-0.3, -0.25) is 28.9 Å². The Hall–Kier alpha value is -4.33. The van der Waals surface area contributed by atoms with Gasteiger partial charge in [0.25, 0.3) is 0 Å². The Kier molecular flexibility index (Phi) is 15.6. The zero-order valence-corrected chi connectivity index (χ0v) is 30.7. The highest BCUT2D eigenvalue weighted by atomic mass is 16.2. The number of primary amides is 1. The topological polar surface area (TPSA) is 206 Å². The van der Waals surface area contributed by atoms with Crippen molar-refractivity contribution in [2.45, 2.75) is 108 Å². The van der Waals surface area contributed by atoms with Crippen LogP contribution < -0.4 is 33.2 Å². The highest BCUT2D eigenvalue weighted by Gasteiger charge is 2.38. The van der Waals surface area contributed by atoms with Gasteiger partial charge in [0, 0.05) is 25.6 Å². The number of hydrogen-bond donors (Lipinski definition) is 6. The zero-order chi connectivity index (χ0) is 37.6. The Morgan fingerprint density at radius 1 is 0.750 bits per heavy atom. The SMILES string of the molecule is CC(C)C[C@@H](NC(=O)[C@@H](Cc1ccccc1)NC(=O)[C@H](N)Cc1ccccc1)C(=O)N[C@H](CCCN)C(=O)N1CCC(N2CCC[C@H]2C(N)=O)CC1. The van der Waals surface area contributed by atoms with Crippen LogP contribution >= 0.6 is 0 Å². The molecule has 0 radical (unpaired) electrons. The van der Waals surface area contributed by atoms with Gasteiger partial charge in [-0.25, -0.2) is 0 Å². The van der Waals surface area contributed by atoms with E-state index in [2.05, 4.69) is 20.9 Å². The molecule has 0 bridgehead atoms. The van der Waals surface area contributed by atoms with Crippen LogP contribution in [0.2, 0.25) is 0 Å². The predicted octanol–water partition coefficient (Wildman–Crippen LogP) is 0.979. The van der Waals surface area contributed by atoms with Gasteiger partial charge in [-0.1, -0.05) is 74.5 Å². The van der Waals surface area contributed by atoms with Crippen LogP contribution in [-0.4, -0.2) is 102 Å². The fourth-order valence-corrected chi connectivity index (χ4v) is 7.30. The van der Waals surface area contributed by atoms with Crippen molar-refractivity contribution in [2.75, 3.05) is 26.2 Å². The molecule has 5 amide bonds. The van der Waals surface area contributed by atoms with Crippen LogP contribution in [0.3, 0.4) is 0 Å². The van der Waals surface area contributed by atoms with Crippen molar-refractivity contribution in [3.05, 3.63) is 71.8 Å². The maximum Gasteiger partial charge on any atom is 0.245 e. The zero-order valence-electron chi connectivity index (χ0n) is 30.7. The van der Waals surface area contributed by atoms with E-state index in [4.69, 9.17) is 17.2 Å². The molecule has 2 aromatic rings. The number of hydrogen-bond acceptors (Lipinski definition) is 8. The molecule has 4 rings (SSSR count). The third-order valence-corrected chi connectivity index (χ3v) is 10.1. The Bertz CT molecular complexity index is 1470. The maximum absolute atomic E-state index is 13.9. The summed E-state index contributed by atoms with van der Waals surface area (Å²) >= 11 is 0. The molecule has 52 heavy (non-hydrogen) atoms. The monoisotopic (exact) mass is 718 g/mol. The first-order valence-electron chi connectivity index (χ1n) is 18.7. The third-order valence-electron chi connectivity index (χ3n) is 10.1. The summed E-state index contributed by atoms with van der Waals surface area (Å²) in [7, 11) is 0. The summed E-state index contributed by atoms with van der Waals surface area (Å²) in [5.41, 5.74) is 19.5. The van der Waals surface area contributed by atoms with Crippen molar-refractivity contribution in [1.29, 1.82) is 0 Å². The number of nitrogens with zero attached hydrogens (tertiary/aromatic N) is 2. The Labute approximate surface area is 307 Å². The van der Waals surface area contributed by atoms with Gasteiger partial charge >= 0.3 is 0 Å². The van der Waals surface area contributed by atoms with E-state index in [0.29, 0.717) is 58.2 Å². The first-order valence-corrected chi connectivity index (χ1v) is 18.7. The second kappa shape index (κ2) is 20.1. The second-order valence-electron chi connectivity index (χ2n) is 14.6. The minimum Gasteiger partial charge on any atom is -0.368 e. The van der Waals surface area contributed by atoms with Crippen LogP contribution in [0.4, 0.5) is 0 Å². The molecule has 2 aromatic carbocycles. The van der Waals surface area contributed by atoms with Crippen molar-refractivity contribution in [2.24, 2.45) is 23.1 Å². The van der Waals surface area contributed by atoms with Crippen LogP contribution in [0.5, 0.6) is 0 Å². The standard InChI is InChI=1S/C39H58N8O5/c1-26(2)23-32(45-38(51)33(25-28-13-7-4-8-14-28)44-36(49)30(41)24-27-11-5-3-6-12-27)37(50)43-31(15-9-19-40)39(52)46-21-17-29(18-22-46)47-20-10-16-34(47)35(42)48/h3-8,11-14,26,29-34H,9-10,15-25,40-41H2,1-2H3,(H2,42,48)(H,43,50)(H,44,49)(H,45,51)/t30-,31-,32-,33-,34+/m1/s1. The second-order valence-corrected chi connectivity index (χ2v) is 14.6. The molecule has 13 nitrogen and oxygen atoms in total. The first-order chi connectivity index (χ1) is 25.0. The molecule has 0 saturated carbocycles. The molecule has 0 aliphatic carbocycles. The number of amides is 5. The average Bonchev–Trinajstić information content (AvgIpc) is 3.64. The van der Waals surface area contributed by atoms with Gasteiger partial charge in [-0.2, -0.15) is 0 Å². The summed E-state index contributed by atoms with van der Waals surface area (Å²) in [4.78, 5) is 71.0. The molecule has 13 heteroatoms. The third kappa shape index (κ3) is 11.9. The molecule has 2 heterocycles. The number of benzene rings is 2. The summed E-state index contributed by atoms with van der Waals surface area (Å²) in [6, 6.07) is 15.0. The quantitative estimate of drug-likeness (QED) is 0.131. The van der Waals surface area contributed by atoms with Crippen molar-refractivity contribution < 1.29 is 24.0 Å². The van der Waals surface area contributed by atoms with Crippen LogP contribution in [-0.2, 0) is 36.8 Å². The lowest BCUT2D eigenvalue weighted by molar-refractivity contribution is -0.139. The lowest BCUT2D eigenvalue weighted by Gasteiger charge is -2.39. The predicted molar refractivity (Wildman–Crippen MR) is 200 cm³/mol. The van der Waals surface area contributed by atoms with Gasteiger partial charge in [-0.05, 0) is 81.5 Å². The Balaban J connectivity index is 1.43. The lowest BCUT2D eigenvalue weighted by Crippen LogP contribution is -2.59. The first kappa shape index (κ1) is 40.4. The summed E-state index contributed by atoms with van der Waals surface area (Å²) < 4.78 is 0. The van der Waals surface area contributed by atoms with Crippen molar-refractivity contribution in [1.82, 2.24) is 25.8 Å². The Morgan fingerprint density at radius 2 is 1.31 bits per heavy atom. The minimum absolute atomic E-state index is 0.0320. The molecule has 2 aliphatic heterocycles. The average molecular weight is 719 g/mol. The van der Waals surface area contributed by atoms with E-state index < -0.39 is 41.9 Å². The van der Waals surface area contributed by atoms with Gasteiger partial charge < -0.3 is 38.1 Å². The smallest absolute Gasteiger partial charge is 0.245 e. The van der Waals surface area contributed by atoms with E-state index >= 15 is 0 Å². The Morgan fingerprint density at radius 3 is 1.88 bits per heavy atom. The van der Waals surface area contributed by atoms with Crippen LogP contribution in [0, 0.1) is 5.92 Å². The summed E-state index contributed by atoms with van der Waals surface area (Å²) in [6.07, 6.45) is 4.79. The molecule has 2 aliphatic rings. The van der Waals surface area contributed by atoms with Crippen LogP contribution in [0.1, 0.15) is 69.9 Å². The van der Waals surface area contributed by atoms with E-state index in [1.54, 1.807) is 4.90 Å². The normalized spacial score (nSPS) is 19.0. The van der Waals surface area contributed by atoms with Crippen molar-refractivity contribution in [3.63, 3.8) is 0 Å². The van der Waals surface area contributed by atoms with E-state index in [1.165, 1.54) is 0 Å². The van der Waals surface area contributed by atoms with Gasteiger partial charge in [0.05, 0.1) is 12.1 Å². The fraction of sp³-hybridized carbons (Fsp3) is 0.564. The molecule has 5 atom stereocenters. The number of carbonyl (C=O) groups excluding carboxylic acids is 5. The van der Waals surface area contributed by atoms with Gasteiger partial charge in [-0.15, -0.1) is 0 Å². The molecule has 9 N–H and O–H groups in total. The molecular weight excluding hydrogens is 660 g/mol. The van der Waals surface area contributed by atoms with E-state index in [1.807, 2.05) is 74.5 Å². The van der Waals surface area contributed by atoms with E-state index in [9.17, 15) is 24.0 Å². The number of rotatable bonds is 18. The van der Waals surface area contributed by atoms with Gasteiger partial charge in [0.2, 0.25) is 29.5 Å². The number of nitrogens with two attached hydrogens (primary N) is 3. The summed E-state index contributed by atoms with van der Waals surface area (Å²) in [5.74, 6) is -1.93. The van der Waals surface area contributed by atoms with Crippen molar-refractivity contribution in [3.8, 4) is 0 Å². The number of piperidine rings is 1. The van der Waals surface area contributed by atoms with Gasteiger partial charge in [0.15, 0.2) is 0 Å². The highest BCUT2D eigenvalue weighted by Crippen LogP contribution is 2.26. The molecule has 2 fully saturated rings. The lowest BCUT2D eigenvalue weighted by atomic mass is 9.99. The fourth-order valence-electron chi connectivity index (χ4n) is 7.30. The van der Waals surface area contributed by atoms with Crippen LogP contribution in [0.15, 0.2) is 60.7 Å². The highest BCUT2D eigenvalue weighted by molar-refractivity contribution is 5.95. The van der Waals surface area contributed by atoms with Crippen molar-refractivity contribution >= 4 is 29.5 Å². The van der Waals surface area contributed by atoms with E-state index in [0.717, 1.165) is 30.5 Å². The molecule has 0 spiro atoms. The molecule has 0 unspecified atom stereocenters. The van der Waals surface area contributed by atoms with Gasteiger partial charge in [0.1, 0.15) is 18.1 Å².